The summed E-state index contributed by atoms with van der Waals surface area (Å²) in [5.74, 6) is 1.37. The van der Waals surface area contributed by atoms with Crippen LogP contribution in [0.5, 0.6) is 5.75 Å². The first-order valence-electron chi connectivity index (χ1n) is 8.68. The Balaban J connectivity index is 1.69. The van der Waals surface area contributed by atoms with Gasteiger partial charge in [0, 0.05) is 11.6 Å². The Kier molecular flexibility index (Phi) is 6.47. The van der Waals surface area contributed by atoms with E-state index >= 15 is 0 Å². The predicted octanol–water partition coefficient (Wildman–Crippen LogP) is 4.66. The average Bonchev–Trinajstić information content (AvgIpc) is 3.35. The summed E-state index contributed by atoms with van der Waals surface area (Å²) >= 11 is 7.53. The summed E-state index contributed by atoms with van der Waals surface area (Å²) in [6.07, 6.45) is -0.0744. The van der Waals surface area contributed by atoms with E-state index in [1.165, 1.54) is 11.3 Å². The minimum Gasteiger partial charge on any atom is -0.481 e. The second kappa shape index (κ2) is 9.01. The molecule has 3 rings (SSSR count). The second-order valence-electron chi connectivity index (χ2n) is 5.81. The molecule has 3 aromatic rings. The van der Waals surface area contributed by atoms with Crippen molar-refractivity contribution in [3.63, 3.8) is 0 Å². The van der Waals surface area contributed by atoms with Crippen molar-refractivity contribution >= 4 is 28.8 Å². The van der Waals surface area contributed by atoms with Gasteiger partial charge in [0.1, 0.15) is 12.3 Å². The molecule has 0 saturated carbocycles. The van der Waals surface area contributed by atoms with Crippen molar-refractivity contribution in [2.24, 2.45) is 0 Å². The van der Waals surface area contributed by atoms with Gasteiger partial charge < -0.3 is 14.2 Å². The molecular weight excluding hydrogens is 386 g/mol. The highest BCUT2D eigenvalue weighted by Crippen LogP contribution is 2.22. The molecular formula is C19H20ClN3O3S. The third-order valence-corrected chi connectivity index (χ3v) is 5.05. The molecule has 0 unspecified atom stereocenters. The normalized spacial score (nSPS) is 12.0. The van der Waals surface area contributed by atoms with E-state index in [1.54, 1.807) is 29.2 Å². The number of hydrogen-bond donors (Lipinski definition) is 0. The summed E-state index contributed by atoms with van der Waals surface area (Å²) < 4.78 is 11.2. The average molecular weight is 406 g/mol. The van der Waals surface area contributed by atoms with E-state index in [4.69, 9.17) is 20.9 Å². The fourth-order valence-corrected chi connectivity index (χ4v) is 3.38. The molecule has 0 aliphatic carbocycles. The minimum atomic E-state index is -0.608. The van der Waals surface area contributed by atoms with Crippen molar-refractivity contribution in [2.45, 2.75) is 32.9 Å². The van der Waals surface area contributed by atoms with Gasteiger partial charge in [-0.15, -0.1) is 11.3 Å². The van der Waals surface area contributed by atoms with Crippen LogP contribution in [0.25, 0.3) is 10.7 Å². The molecule has 0 N–H and O–H groups in total. The lowest BCUT2D eigenvalue weighted by Gasteiger charge is -2.25. The van der Waals surface area contributed by atoms with E-state index in [2.05, 4.69) is 10.1 Å². The number of nitrogens with zero attached hydrogens (tertiary/aromatic N) is 3. The molecule has 2 aromatic heterocycles. The van der Waals surface area contributed by atoms with Crippen LogP contribution in [0.4, 0.5) is 0 Å². The number of aromatic nitrogens is 2. The summed E-state index contributed by atoms with van der Waals surface area (Å²) in [5, 5.41) is 6.50. The largest absolute Gasteiger partial charge is 0.481 e. The molecule has 0 fully saturated rings. The van der Waals surface area contributed by atoms with Gasteiger partial charge in [-0.2, -0.15) is 4.98 Å². The standard InChI is InChI=1S/C19H20ClN3O3S/c1-3-15(25-14-8-5-7-13(20)11-14)19(24)23(4-2)12-17-21-18(22-26-17)16-9-6-10-27-16/h5-11,15H,3-4,12H2,1-2H3/t15-/m0/s1. The van der Waals surface area contributed by atoms with Crippen LogP contribution in [-0.2, 0) is 11.3 Å². The van der Waals surface area contributed by atoms with Gasteiger partial charge in [0.2, 0.25) is 11.7 Å². The van der Waals surface area contributed by atoms with E-state index in [0.717, 1.165) is 4.88 Å². The van der Waals surface area contributed by atoms with Crippen molar-refractivity contribution in [2.75, 3.05) is 6.54 Å². The van der Waals surface area contributed by atoms with Crippen LogP contribution in [0, 0.1) is 0 Å². The Bertz CT molecular complexity index is 882. The highest BCUT2D eigenvalue weighted by Gasteiger charge is 2.25. The molecule has 6 nitrogen and oxygen atoms in total. The lowest BCUT2D eigenvalue weighted by molar-refractivity contribution is -0.139. The fraction of sp³-hybridized carbons (Fsp3) is 0.316. The van der Waals surface area contributed by atoms with Crippen molar-refractivity contribution < 1.29 is 14.1 Å². The van der Waals surface area contributed by atoms with Crippen molar-refractivity contribution in [3.8, 4) is 16.5 Å². The van der Waals surface area contributed by atoms with Gasteiger partial charge >= 0.3 is 0 Å². The third kappa shape index (κ3) is 4.87. The van der Waals surface area contributed by atoms with Crippen LogP contribution in [-0.4, -0.2) is 33.6 Å². The maximum absolute atomic E-state index is 12.9. The molecule has 2 heterocycles. The zero-order valence-corrected chi connectivity index (χ0v) is 16.7. The minimum absolute atomic E-state index is 0.129. The van der Waals surface area contributed by atoms with Crippen molar-refractivity contribution in [1.82, 2.24) is 15.0 Å². The quantitative estimate of drug-likeness (QED) is 0.545. The molecule has 1 atom stereocenters. The van der Waals surface area contributed by atoms with Gasteiger partial charge in [-0.25, -0.2) is 0 Å². The molecule has 0 spiro atoms. The summed E-state index contributed by atoms with van der Waals surface area (Å²) in [6.45, 7) is 4.55. The maximum Gasteiger partial charge on any atom is 0.264 e. The SMILES string of the molecule is CC[C@H](Oc1cccc(Cl)c1)C(=O)N(CC)Cc1nc(-c2cccs2)no1. The van der Waals surface area contributed by atoms with Crippen LogP contribution >= 0.6 is 22.9 Å². The van der Waals surface area contributed by atoms with Crippen molar-refractivity contribution in [3.05, 3.63) is 52.7 Å². The predicted molar refractivity (Wildman–Crippen MR) is 105 cm³/mol. The Morgan fingerprint density at radius 3 is 2.85 bits per heavy atom. The molecule has 0 saturated heterocycles. The number of benzene rings is 1. The van der Waals surface area contributed by atoms with Gasteiger partial charge in [-0.05, 0) is 43.0 Å². The Labute approximate surface area is 166 Å². The fourth-order valence-electron chi connectivity index (χ4n) is 2.55. The summed E-state index contributed by atoms with van der Waals surface area (Å²) in [5.41, 5.74) is 0. The molecule has 1 aromatic carbocycles. The first kappa shape index (κ1) is 19.4. The maximum atomic E-state index is 12.9. The topological polar surface area (TPSA) is 68.5 Å². The van der Waals surface area contributed by atoms with Gasteiger partial charge in [0.25, 0.3) is 5.91 Å². The first-order valence-corrected chi connectivity index (χ1v) is 9.94. The second-order valence-corrected chi connectivity index (χ2v) is 7.20. The number of ether oxygens (including phenoxy) is 1. The van der Waals surface area contributed by atoms with Crippen LogP contribution in [0.2, 0.25) is 5.02 Å². The van der Waals surface area contributed by atoms with Gasteiger partial charge in [-0.1, -0.05) is 35.8 Å². The van der Waals surface area contributed by atoms with Gasteiger partial charge in [0.05, 0.1) is 4.88 Å². The highest BCUT2D eigenvalue weighted by molar-refractivity contribution is 7.13. The lowest BCUT2D eigenvalue weighted by atomic mass is 10.2. The number of carbonyl (C=O) groups is 1. The Morgan fingerprint density at radius 2 is 2.19 bits per heavy atom. The van der Waals surface area contributed by atoms with Crippen LogP contribution in [0.15, 0.2) is 46.3 Å². The third-order valence-electron chi connectivity index (χ3n) is 3.95. The number of halogens is 1. The number of amides is 1. The smallest absolute Gasteiger partial charge is 0.264 e. The van der Waals surface area contributed by atoms with Gasteiger partial charge in [-0.3, -0.25) is 4.79 Å². The summed E-state index contributed by atoms with van der Waals surface area (Å²) in [7, 11) is 0. The van der Waals surface area contributed by atoms with Gasteiger partial charge in [0.15, 0.2) is 6.10 Å². The summed E-state index contributed by atoms with van der Waals surface area (Å²) in [6, 6.07) is 10.9. The Hall–Kier alpha value is -2.38. The number of carbonyl (C=O) groups excluding carboxylic acids is 1. The molecule has 0 aliphatic heterocycles. The number of rotatable bonds is 8. The van der Waals surface area contributed by atoms with E-state index in [9.17, 15) is 4.79 Å². The Morgan fingerprint density at radius 1 is 1.33 bits per heavy atom. The molecule has 8 heteroatoms. The number of hydrogen-bond acceptors (Lipinski definition) is 6. The first-order chi connectivity index (χ1) is 13.1. The molecule has 0 radical (unpaired) electrons. The zero-order valence-electron chi connectivity index (χ0n) is 15.1. The van der Waals surface area contributed by atoms with Crippen LogP contribution in [0.3, 0.4) is 0 Å². The highest BCUT2D eigenvalue weighted by atomic mass is 35.5. The van der Waals surface area contributed by atoms with E-state index in [1.807, 2.05) is 31.4 Å². The molecule has 0 aliphatic rings. The zero-order chi connectivity index (χ0) is 19.2. The lowest BCUT2D eigenvalue weighted by Crippen LogP contribution is -2.41. The number of thiophene rings is 1. The monoisotopic (exact) mass is 405 g/mol. The molecule has 27 heavy (non-hydrogen) atoms. The number of likely N-dealkylation sites (N-methyl/N-ethyl adjacent to an activating group) is 1. The van der Waals surface area contributed by atoms with E-state index < -0.39 is 6.10 Å². The van der Waals surface area contributed by atoms with Crippen molar-refractivity contribution in [1.29, 1.82) is 0 Å². The summed E-state index contributed by atoms with van der Waals surface area (Å²) in [4.78, 5) is 19.9. The van der Waals surface area contributed by atoms with Crippen LogP contribution in [0.1, 0.15) is 26.2 Å². The molecule has 1 amide bonds. The molecule has 142 valence electrons. The molecule has 0 bridgehead atoms. The van der Waals surface area contributed by atoms with E-state index in [-0.39, 0.29) is 12.5 Å². The van der Waals surface area contributed by atoms with E-state index in [0.29, 0.717) is 35.5 Å². The van der Waals surface area contributed by atoms with Crippen LogP contribution < -0.4 is 4.74 Å².